The van der Waals surface area contributed by atoms with Gasteiger partial charge in [0.2, 0.25) is 5.91 Å². The molecule has 136 valence electrons. The first kappa shape index (κ1) is 19.4. The molecule has 0 aliphatic rings. The minimum absolute atomic E-state index is 0.0534. The van der Waals surface area contributed by atoms with Gasteiger partial charge in [-0.05, 0) is 42.0 Å². The fraction of sp³-hybridized carbons (Fsp3) is 0.222. The number of carbonyl (C=O) groups is 1. The van der Waals surface area contributed by atoms with Crippen molar-refractivity contribution in [3.05, 3.63) is 53.6 Å². The number of methoxy groups -OCH3 is 1. The lowest BCUT2D eigenvalue weighted by Gasteiger charge is -2.15. The van der Waals surface area contributed by atoms with Crippen molar-refractivity contribution in [3.63, 3.8) is 0 Å². The fourth-order valence-corrected chi connectivity index (χ4v) is 3.32. The molecule has 7 nitrogen and oxygen atoms in total. The summed E-state index contributed by atoms with van der Waals surface area (Å²) in [5.41, 5.74) is 1.89. The Balaban J connectivity index is 2.26. The van der Waals surface area contributed by atoms with E-state index in [1.54, 1.807) is 31.3 Å². The summed E-state index contributed by atoms with van der Waals surface area (Å²) in [5, 5.41) is 9.20. The molecule has 0 bridgehead atoms. The van der Waals surface area contributed by atoms with Crippen molar-refractivity contribution >= 4 is 27.3 Å². The Labute approximate surface area is 152 Å². The molecule has 0 saturated heterocycles. The average molecular weight is 373 g/mol. The number of benzene rings is 2. The highest BCUT2D eigenvalue weighted by Gasteiger charge is 2.16. The van der Waals surface area contributed by atoms with Gasteiger partial charge in [0.25, 0.3) is 10.0 Å². The second kappa shape index (κ2) is 7.99. The van der Waals surface area contributed by atoms with Crippen LogP contribution in [0.1, 0.15) is 18.1 Å². The number of amides is 1. The molecule has 2 aromatic carbocycles. The Bertz CT molecular complexity index is 947. The molecule has 0 saturated carbocycles. The van der Waals surface area contributed by atoms with E-state index < -0.39 is 10.0 Å². The smallest absolute Gasteiger partial charge is 0.261 e. The number of hydrogen-bond donors (Lipinski definition) is 1. The van der Waals surface area contributed by atoms with E-state index in [-0.39, 0.29) is 23.1 Å². The maximum atomic E-state index is 12.5. The van der Waals surface area contributed by atoms with Gasteiger partial charge >= 0.3 is 0 Å². The lowest BCUT2D eigenvalue weighted by atomic mass is 10.1. The number of carbonyl (C=O) groups excluding carboxylic acids is 1. The van der Waals surface area contributed by atoms with E-state index in [1.807, 2.05) is 6.07 Å². The number of anilines is 2. The number of hydrogen-bond acceptors (Lipinski definition) is 5. The van der Waals surface area contributed by atoms with E-state index in [1.165, 1.54) is 37.1 Å². The topological polar surface area (TPSA) is 99.5 Å². The van der Waals surface area contributed by atoms with E-state index in [2.05, 4.69) is 4.72 Å². The molecule has 0 fully saturated rings. The lowest BCUT2D eigenvalue weighted by molar-refractivity contribution is -0.116. The lowest BCUT2D eigenvalue weighted by Crippen LogP contribution is -2.22. The van der Waals surface area contributed by atoms with Gasteiger partial charge in [-0.3, -0.25) is 9.52 Å². The van der Waals surface area contributed by atoms with Crippen LogP contribution in [0.25, 0.3) is 0 Å². The Morgan fingerprint density at radius 3 is 2.42 bits per heavy atom. The first-order valence-electron chi connectivity index (χ1n) is 7.67. The SMILES string of the molecule is COCc1ccc(NS(=O)(=O)c2ccc(N(C)C(C)=O)cc2)cc1C#N. The average Bonchev–Trinajstić information content (AvgIpc) is 2.62. The first-order valence-corrected chi connectivity index (χ1v) is 9.16. The van der Waals surface area contributed by atoms with E-state index in [9.17, 15) is 18.5 Å². The van der Waals surface area contributed by atoms with E-state index >= 15 is 0 Å². The largest absolute Gasteiger partial charge is 0.380 e. The predicted octanol–water partition coefficient (Wildman–Crippen LogP) is 2.49. The summed E-state index contributed by atoms with van der Waals surface area (Å²) in [5.74, 6) is -0.154. The first-order chi connectivity index (χ1) is 12.3. The van der Waals surface area contributed by atoms with Crippen LogP contribution < -0.4 is 9.62 Å². The molecule has 8 heteroatoms. The van der Waals surface area contributed by atoms with Gasteiger partial charge in [0.1, 0.15) is 0 Å². The number of sulfonamides is 1. The van der Waals surface area contributed by atoms with Crippen molar-refractivity contribution in [2.24, 2.45) is 0 Å². The van der Waals surface area contributed by atoms with Crippen molar-refractivity contribution in [2.75, 3.05) is 23.8 Å². The molecule has 0 aliphatic carbocycles. The van der Waals surface area contributed by atoms with Crippen LogP contribution in [0, 0.1) is 11.3 Å². The molecular formula is C18H19N3O4S. The molecule has 1 amide bonds. The molecule has 2 rings (SSSR count). The summed E-state index contributed by atoms with van der Waals surface area (Å²) in [6, 6.07) is 12.6. The second-order valence-electron chi connectivity index (χ2n) is 5.59. The maximum absolute atomic E-state index is 12.5. The zero-order chi connectivity index (χ0) is 19.3. The van der Waals surface area contributed by atoms with E-state index in [4.69, 9.17) is 4.74 Å². The molecule has 0 atom stereocenters. The Hall–Kier alpha value is -2.89. The third-order valence-corrected chi connectivity index (χ3v) is 5.19. The molecule has 0 spiro atoms. The predicted molar refractivity (Wildman–Crippen MR) is 98.2 cm³/mol. The normalized spacial score (nSPS) is 10.8. The van der Waals surface area contributed by atoms with Crippen molar-refractivity contribution < 1.29 is 17.9 Å². The van der Waals surface area contributed by atoms with Gasteiger partial charge in [-0.1, -0.05) is 6.07 Å². The van der Waals surface area contributed by atoms with E-state index in [0.717, 1.165) is 0 Å². The van der Waals surface area contributed by atoms with Gasteiger partial charge in [0, 0.05) is 26.8 Å². The van der Waals surface area contributed by atoms with Gasteiger partial charge < -0.3 is 9.64 Å². The fourth-order valence-electron chi connectivity index (χ4n) is 2.27. The quantitative estimate of drug-likeness (QED) is 0.838. The van der Waals surface area contributed by atoms with Crippen molar-refractivity contribution in [1.29, 1.82) is 5.26 Å². The maximum Gasteiger partial charge on any atom is 0.261 e. The Morgan fingerprint density at radius 2 is 1.88 bits per heavy atom. The van der Waals surface area contributed by atoms with Crippen LogP contribution in [-0.4, -0.2) is 28.5 Å². The summed E-state index contributed by atoms with van der Waals surface area (Å²) in [6.07, 6.45) is 0. The Morgan fingerprint density at radius 1 is 1.23 bits per heavy atom. The molecule has 0 aliphatic heterocycles. The molecule has 26 heavy (non-hydrogen) atoms. The zero-order valence-electron chi connectivity index (χ0n) is 14.7. The molecular weight excluding hydrogens is 354 g/mol. The third kappa shape index (κ3) is 4.39. The summed E-state index contributed by atoms with van der Waals surface area (Å²) in [7, 11) is -0.695. The number of ether oxygens (including phenoxy) is 1. The zero-order valence-corrected chi connectivity index (χ0v) is 15.5. The van der Waals surface area contributed by atoms with Crippen molar-refractivity contribution in [2.45, 2.75) is 18.4 Å². The van der Waals surface area contributed by atoms with Gasteiger partial charge in [-0.25, -0.2) is 8.42 Å². The Kier molecular flexibility index (Phi) is 5.97. The van der Waals surface area contributed by atoms with Crippen LogP contribution in [-0.2, 0) is 26.2 Å². The highest BCUT2D eigenvalue weighted by atomic mass is 32.2. The van der Waals surface area contributed by atoms with Gasteiger partial charge in [-0.15, -0.1) is 0 Å². The second-order valence-corrected chi connectivity index (χ2v) is 7.28. The molecule has 2 aromatic rings. The summed E-state index contributed by atoms with van der Waals surface area (Å²) in [6.45, 7) is 1.69. The number of nitriles is 1. The molecule has 1 N–H and O–H groups in total. The summed E-state index contributed by atoms with van der Waals surface area (Å²) < 4.78 is 32.5. The summed E-state index contributed by atoms with van der Waals surface area (Å²) >= 11 is 0. The molecule has 0 unspecified atom stereocenters. The van der Waals surface area contributed by atoms with Crippen LogP contribution >= 0.6 is 0 Å². The minimum atomic E-state index is -3.82. The molecule has 0 radical (unpaired) electrons. The number of nitrogens with one attached hydrogen (secondary N) is 1. The van der Waals surface area contributed by atoms with Crippen LogP contribution in [0.3, 0.4) is 0 Å². The number of rotatable bonds is 6. The number of nitrogens with zero attached hydrogens (tertiary/aromatic N) is 2. The van der Waals surface area contributed by atoms with Gasteiger partial charge in [-0.2, -0.15) is 5.26 Å². The highest BCUT2D eigenvalue weighted by Crippen LogP contribution is 2.22. The highest BCUT2D eigenvalue weighted by molar-refractivity contribution is 7.92. The van der Waals surface area contributed by atoms with E-state index in [0.29, 0.717) is 16.8 Å². The monoisotopic (exact) mass is 373 g/mol. The summed E-state index contributed by atoms with van der Waals surface area (Å²) in [4.78, 5) is 12.8. The van der Waals surface area contributed by atoms with Crippen molar-refractivity contribution in [3.8, 4) is 6.07 Å². The van der Waals surface area contributed by atoms with Crippen LogP contribution in [0.5, 0.6) is 0 Å². The third-order valence-electron chi connectivity index (χ3n) is 3.79. The van der Waals surface area contributed by atoms with Crippen molar-refractivity contribution in [1.82, 2.24) is 0 Å². The van der Waals surface area contributed by atoms with Crippen LogP contribution in [0.15, 0.2) is 47.4 Å². The van der Waals surface area contributed by atoms with Gasteiger partial charge in [0.15, 0.2) is 0 Å². The van der Waals surface area contributed by atoms with Gasteiger partial charge in [0.05, 0.1) is 28.8 Å². The minimum Gasteiger partial charge on any atom is -0.380 e. The molecule has 0 heterocycles. The standard InChI is InChI=1S/C18H19N3O4S/c1-13(22)21(2)17-6-8-18(9-7-17)26(23,24)20-16-5-4-14(12-25-3)15(10-16)11-19/h4-10,20H,12H2,1-3H3. The van der Waals surface area contributed by atoms with Crippen LogP contribution in [0.4, 0.5) is 11.4 Å². The van der Waals surface area contributed by atoms with Crippen LogP contribution in [0.2, 0.25) is 0 Å². The molecule has 0 aromatic heterocycles.